The van der Waals surface area contributed by atoms with Gasteiger partial charge in [-0.2, -0.15) is 0 Å². The van der Waals surface area contributed by atoms with E-state index >= 15 is 0 Å². The second-order valence-electron chi connectivity index (χ2n) is 5.55. The zero-order valence-electron chi connectivity index (χ0n) is 13.2. The Labute approximate surface area is 136 Å². The van der Waals surface area contributed by atoms with E-state index in [0.29, 0.717) is 12.4 Å². The van der Waals surface area contributed by atoms with Crippen LogP contribution in [0.3, 0.4) is 0 Å². The van der Waals surface area contributed by atoms with Crippen molar-refractivity contribution < 1.29 is 14.3 Å². The summed E-state index contributed by atoms with van der Waals surface area (Å²) in [7, 11) is 0. The highest BCUT2D eigenvalue weighted by Gasteiger charge is 2.23. The fourth-order valence-corrected chi connectivity index (χ4v) is 2.89. The number of rotatable bonds is 6. The van der Waals surface area contributed by atoms with Crippen molar-refractivity contribution in [1.82, 2.24) is 5.32 Å². The van der Waals surface area contributed by atoms with Crippen molar-refractivity contribution in [2.75, 3.05) is 13.2 Å². The molecule has 2 aromatic rings. The van der Waals surface area contributed by atoms with Crippen molar-refractivity contribution in [3.63, 3.8) is 0 Å². The van der Waals surface area contributed by atoms with E-state index in [1.165, 1.54) is 11.1 Å². The molecule has 0 aromatic heterocycles. The van der Waals surface area contributed by atoms with Crippen molar-refractivity contribution in [3.8, 4) is 11.5 Å². The topological polar surface area (TPSA) is 47.6 Å². The van der Waals surface area contributed by atoms with E-state index in [1.54, 1.807) is 0 Å². The summed E-state index contributed by atoms with van der Waals surface area (Å²) >= 11 is 0. The van der Waals surface area contributed by atoms with Crippen LogP contribution in [0.4, 0.5) is 0 Å². The lowest BCUT2D eigenvalue weighted by molar-refractivity contribution is -0.123. The van der Waals surface area contributed by atoms with Gasteiger partial charge in [-0.05, 0) is 55.2 Å². The van der Waals surface area contributed by atoms with Crippen LogP contribution in [-0.2, 0) is 11.2 Å². The van der Waals surface area contributed by atoms with Gasteiger partial charge < -0.3 is 14.8 Å². The highest BCUT2D eigenvalue weighted by atomic mass is 16.5. The molecule has 0 fully saturated rings. The van der Waals surface area contributed by atoms with Gasteiger partial charge in [0.15, 0.2) is 6.61 Å². The molecule has 0 aliphatic heterocycles. The summed E-state index contributed by atoms with van der Waals surface area (Å²) in [5.74, 6) is 1.36. The quantitative estimate of drug-likeness (QED) is 0.890. The maximum absolute atomic E-state index is 12.1. The third kappa shape index (κ3) is 3.83. The lowest BCUT2D eigenvalue weighted by Crippen LogP contribution is -2.31. The summed E-state index contributed by atoms with van der Waals surface area (Å²) in [6, 6.07) is 15.7. The standard InChI is InChI=1S/C19H21NO3/c1-2-22-15-8-10-16(11-9-15)23-13-19(21)20-18-12-7-14-5-3-4-6-17(14)18/h3-6,8-11,18H,2,7,12-13H2,1H3,(H,20,21)/t18-/m0/s1. The fraction of sp³-hybridized carbons (Fsp3) is 0.316. The highest BCUT2D eigenvalue weighted by molar-refractivity contribution is 5.78. The number of aryl methyl sites for hydroxylation is 1. The van der Waals surface area contributed by atoms with Gasteiger partial charge in [0.2, 0.25) is 0 Å². The monoisotopic (exact) mass is 311 g/mol. The van der Waals surface area contributed by atoms with E-state index in [-0.39, 0.29) is 18.6 Å². The average molecular weight is 311 g/mol. The fourth-order valence-electron chi connectivity index (χ4n) is 2.89. The minimum atomic E-state index is -0.0967. The maximum Gasteiger partial charge on any atom is 0.258 e. The molecule has 0 heterocycles. The molecule has 4 heteroatoms. The molecule has 0 bridgehead atoms. The first-order chi connectivity index (χ1) is 11.3. The molecule has 23 heavy (non-hydrogen) atoms. The van der Waals surface area contributed by atoms with E-state index in [2.05, 4.69) is 17.4 Å². The number of carbonyl (C=O) groups is 1. The molecule has 0 spiro atoms. The Hall–Kier alpha value is -2.49. The summed E-state index contributed by atoms with van der Waals surface area (Å²) in [4.78, 5) is 12.1. The van der Waals surface area contributed by atoms with Crippen LogP contribution in [0.2, 0.25) is 0 Å². The smallest absolute Gasteiger partial charge is 0.258 e. The van der Waals surface area contributed by atoms with Crippen LogP contribution in [0.25, 0.3) is 0 Å². The Morgan fingerprint density at radius 3 is 2.52 bits per heavy atom. The molecule has 1 amide bonds. The minimum absolute atomic E-state index is 0.0205. The van der Waals surface area contributed by atoms with Gasteiger partial charge in [0, 0.05) is 0 Å². The number of ether oxygens (including phenoxy) is 2. The van der Waals surface area contributed by atoms with E-state index in [4.69, 9.17) is 9.47 Å². The molecule has 0 saturated heterocycles. The highest BCUT2D eigenvalue weighted by Crippen LogP contribution is 2.30. The summed E-state index contributed by atoms with van der Waals surface area (Å²) in [6.45, 7) is 2.59. The number of hydrogen-bond donors (Lipinski definition) is 1. The molecule has 120 valence electrons. The van der Waals surface area contributed by atoms with Crippen LogP contribution in [-0.4, -0.2) is 19.1 Å². The van der Waals surface area contributed by atoms with Gasteiger partial charge >= 0.3 is 0 Å². The predicted octanol–water partition coefficient (Wildman–Crippen LogP) is 3.27. The molecule has 1 N–H and O–H groups in total. The zero-order chi connectivity index (χ0) is 16.1. The van der Waals surface area contributed by atoms with E-state index < -0.39 is 0 Å². The molecular formula is C19H21NO3. The van der Waals surface area contributed by atoms with Crippen LogP contribution in [0, 0.1) is 0 Å². The van der Waals surface area contributed by atoms with Crippen LogP contribution in [0.5, 0.6) is 11.5 Å². The van der Waals surface area contributed by atoms with Gasteiger partial charge in [0.05, 0.1) is 12.6 Å². The molecule has 4 nitrogen and oxygen atoms in total. The van der Waals surface area contributed by atoms with Crippen molar-refractivity contribution in [3.05, 3.63) is 59.7 Å². The first kappa shape index (κ1) is 15.4. The first-order valence-electron chi connectivity index (χ1n) is 7.99. The molecular weight excluding hydrogens is 290 g/mol. The summed E-state index contributed by atoms with van der Waals surface area (Å²) in [6.07, 6.45) is 1.97. The SMILES string of the molecule is CCOc1ccc(OCC(=O)N[C@H]2CCc3ccccc32)cc1. The zero-order valence-corrected chi connectivity index (χ0v) is 13.2. The Morgan fingerprint density at radius 1 is 1.09 bits per heavy atom. The average Bonchev–Trinajstić information content (AvgIpc) is 2.98. The Morgan fingerprint density at radius 2 is 1.78 bits per heavy atom. The van der Waals surface area contributed by atoms with E-state index in [0.717, 1.165) is 18.6 Å². The first-order valence-corrected chi connectivity index (χ1v) is 7.99. The second kappa shape index (κ2) is 7.18. The molecule has 0 unspecified atom stereocenters. The molecule has 1 aliphatic carbocycles. The number of hydrogen-bond acceptors (Lipinski definition) is 3. The van der Waals surface area contributed by atoms with Crippen molar-refractivity contribution in [1.29, 1.82) is 0 Å². The predicted molar refractivity (Wildman–Crippen MR) is 88.8 cm³/mol. The van der Waals surface area contributed by atoms with Crippen LogP contribution >= 0.6 is 0 Å². The van der Waals surface area contributed by atoms with E-state index in [1.807, 2.05) is 43.3 Å². The van der Waals surface area contributed by atoms with Crippen LogP contribution in [0.15, 0.2) is 48.5 Å². The van der Waals surface area contributed by atoms with Gasteiger partial charge in [-0.25, -0.2) is 0 Å². The molecule has 3 rings (SSSR count). The lowest BCUT2D eigenvalue weighted by Gasteiger charge is -2.14. The van der Waals surface area contributed by atoms with Gasteiger partial charge in [0.25, 0.3) is 5.91 Å². The Bertz CT molecular complexity index is 667. The number of nitrogens with one attached hydrogen (secondary N) is 1. The molecule has 1 aliphatic rings. The van der Waals surface area contributed by atoms with Crippen molar-refractivity contribution in [2.24, 2.45) is 0 Å². The van der Waals surface area contributed by atoms with Crippen molar-refractivity contribution >= 4 is 5.91 Å². The molecule has 0 saturated carbocycles. The summed E-state index contributed by atoms with van der Waals surface area (Å²) in [5, 5.41) is 3.05. The largest absolute Gasteiger partial charge is 0.494 e. The normalized spacial score (nSPS) is 15.8. The van der Waals surface area contributed by atoms with Gasteiger partial charge in [0.1, 0.15) is 11.5 Å². The molecule has 1 atom stereocenters. The Balaban J connectivity index is 1.50. The molecule has 2 aromatic carbocycles. The molecule has 0 radical (unpaired) electrons. The number of benzene rings is 2. The third-order valence-electron chi connectivity index (χ3n) is 3.97. The van der Waals surface area contributed by atoms with Gasteiger partial charge in [-0.15, -0.1) is 0 Å². The number of amides is 1. The van der Waals surface area contributed by atoms with Gasteiger partial charge in [-0.3, -0.25) is 4.79 Å². The number of carbonyl (C=O) groups excluding carboxylic acids is 1. The maximum atomic E-state index is 12.1. The van der Waals surface area contributed by atoms with E-state index in [9.17, 15) is 4.79 Å². The van der Waals surface area contributed by atoms with Crippen molar-refractivity contribution in [2.45, 2.75) is 25.8 Å². The Kier molecular flexibility index (Phi) is 4.81. The van der Waals surface area contributed by atoms with Crippen LogP contribution < -0.4 is 14.8 Å². The summed E-state index contributed by atoms with van der Waals surface area (Å²) in [5.41, 5.74) is 2.55. The van der Waals surface area contributed by atoms with Crippen LogP contribution in [0.1, 0.15) is 30.5 Å². The van der Waals surface area contributed by atoms with Gasteiger partial charge in [-0.1, -0.05) is 24.3 Å². The summed E-state index contributed by atoms with van der Waals surface area (Å²) < 4.78 is 10.9. The second-order valence-corrected chi connectivity index (χ2v) is 5.55. The third-order valence-corrected chi connectivity index (χ3v) is 3.97. The lowest BCUT2D eigenvalue weighted by atomic mass is 10.1. The minimum Gasteiger partial charge on any atom is -0.494 e. The number of fused-ring (bicyclic) bond motifs is 1.